The number of benzene rings is 1. The van der Waals surface area contributed by atoms with Crippen LogP contribution in [0.15, 0.2) is 30.3 Å². The maximum absolute atomic E-state index is 11.0. The summed E-state index contributed by atoms with van der Waals surface area (Å²) in [7, 11) is 0. The van der Waals surface area contributed by atoms with Crippen molar-refractivity contribution in [3.8, 4) is 0 Å². The number of aliphatic carboxylic acids is 1. The Labute approximate surface area is 108 Å². The standard InChI is InChI=1S/C12H14O7/c13-6-12(19,7-4-2-1-3-5-7)10(16)8(14)9(15)11(17)18/h1-6,8-10,14-16,19H,(H,17,18)/t8-,9+,10+,12-/m1/s1. The molecule has 0 aromatic heterocycles. The van der Waals surface area contributed by atoms with Gasteiger partial charge in [0.05, 0.1) is 0 Å². The van der Waals surface area contributed by atoms with E-state index >= 15 is 0 Å². The molecule has 0 fully saturated rings. The molecule has 1 rings (SSSR count). The molecule has 1 aromatic rings. The zero-order chi connectivity index (χ0) is 14.6. The Morgan fingerprint density at radius 3 is 2.11 bits per heavy atom. The van der Waals surface area contributed by atoms with E-state index in [1.807, 2.05) is 0 Å². The van der Waals surface area contributed by atoms with Gasteiger partial charge in [0.1, 0.15) is 12.2 Å². The van der Waals surface area contributed by atoms with E-state index in [1.54, 1.807) is 6.07 Å². The minimum Gasteiger partial charge on any atom is -0.479 e. The molecule has 0 aliphatic heterocycles. The summed E-state index contributed by atoms with van der Waals surface area (Å²) in [4.78, 5) is 21.5. The molecule has 104 valence electrons. The summed E-state index contributed by atoms with van der Waals surface area (Å²) in [6, 6.07) is 7.20. The van der Waals surface area contributed by atoms with Crippen LogP contribution in [0.25, 0.3) is 0 Å². The fourth-order valence-electron chi connectivity index (χ4n) is 1.59. The second kappa shape index (κ2) is 5.89. The Morgan fingerprint density at radius 2 is 1.68 bits per heavy atom. The van der Waals surface area contributed by atoms with Gasteiger partial charge in [-0.15, -0.1) is 0 Å². The molecule has 0 heterocycles. The highest BCUT2D eigenvalue weighted by Gasteiger charge is 2.45. The molecule has 1 aromatic carbocycles. The molecular formula is C12H14O7. The SMILES string of the molecule is O=C[C@@](O)(c1ccccc1)[C@@H](O)[C@H](O)[C@H](O)C(=O)O. The molecule has 7 nitrogen and oxygen atoms in total. The van der Waals surface area contributed by atoms with Gasteiger partial charge in [-0.3, -0.25) is 4.79 Å². The summed E-state index contributed by atoms with van der Waals surface area (Å²) < 4.78 is 0. The van der Waals surface area contributed by atoms with Crippen molar-refractivity contribution in [2.24, 2.45) is 0 Å². The molecule has 19 heavy (non-hydrogen) atoms. The van der Waals surface area contributed by atoms with Crippen molar-refractivity contribution in [1.82, 2.24) is 0 Å². The van der Waals surface area contributed by atoms with Crippen molar-refractivity contribution in [3.05, 3.63) is 35.9 Å². The van der Waals surface area contributed by atoms with Gasteiger partial charge >= 0.3 is 5.97 Å². The summed E-state index contributed by atoms with van der Waals surface area (Å²) in [6.45, 7) is 0. The van der Waals surface area contributed by atoms with Gasteiger partial charge in [0.2, 0.25) is 0 Å². The van der Waals surface area contributed by atoms with Crippen molar-refractivity contribution in [3.63, 3.8) is 0 Å². The van der Waals surface area contributed by atoms with Crippen LogP contribution < -0.4 is 0 Å². The van der Waals surface area contributed by atoms with E-state index in [4.69, 9.17) is 10.2 Å². The molecule has 0 spiro atoms. The van der Waals surface area contributed by atoms with Crippen molar-refractivity contribution in [2.75, 3.05) is 0 Å². The largest absolute Gasteiger partial charge is 0.479 e. The Hall–Kier alpha value is -1.80. The van der Waals surface area contributed by atoms with Crippen LogP contribution in [0.2, 0.25) is 0 Å². The topological polar surface area (TPSA) is 135 Å². The van der Waals surface area contributed by atoms with Gasteiger partial charge in [0.15, 0.2) is 18.0 Å². The smallest absolute Gasteiger partial charge is 0.335 e. The van der Waals surface area contributed by atoms with Crippen molar-refractivity contribution >= 4 is 12.3 Å². The first-order valence-corrected chi connectivity index (χ1v) is 5.36. The van der Waals surface area contributed by atoms with Gasteiger partial charge in [0.25, 0.3) is 0 Å². The number of aliphatic hydroxyl groups excluding tert-OH is 3. The summed E-state index contributed by atoms with van der Waals surface area (Å²) in [6.07, 6.45) is -6.78. The number of aldehydes is 1. The van der Waals surface area contributed by atoms with Crippen LogP contribution in [0.1, 0.15) is 5.56 Å². The number of carbonyl (C=O) groups is 2. The van der Waals surface area contributed by atoms with E-state index in [0.29, 0.717) is 0 Å². The Balaban J connectivity index is 3.09. The fraction of sp³-hybridized carbons (Fsp3) is 0.333. The number of carboxylic acids is 1. The Kier molecular flexibility index (Phi) is 4.73. The first kappa shape index (κ1) is 15.3. The third-order valence-corrected chi connectivity index (χ3v) is 2.77. The lowest BCUT2D eigenvalue weighted by molar-refractivity contribution is -0.177. The first-order chi connectivity index (χ1) is 8.84. The molecule has 0 radical (unpaired) electrons. The molecule has 0 unspecified atom stereocenters. The predicted octanol–water partition coefficient (Wildman–Crippen LogP) is -1.76. The maximum atomic E-state index is 11.0. The average molecular weight is 270 g/mol. The van der Waals surface area contributed by atoms with E-state index in [9.17, 15) is 24.9 Å². The Morgan fingerprint density at radius 1 is 1.16 bits per heavy atom. The number of aliphatic hydroxyl groups is 4. The van der Waals surface area contributed by atoms with E-state index in [0.717, 1.165) is 0 Å². The molecule has 4 atom stereocenters. The average Bonchev–Trinajstić information content (AvgIpc) is 2.44. The highest BCUT2D eigenvalue weighted by Crippen LogP contribution is 2.26. The highest BCUT2D eigenvalue weighted by molar-refractivity contribution is 5.73. The first-order valence-electron chi connectivity index (χ1n) is 5.36. The van der Waals surface area contributed by atoms with Crippen molar-refractivity contribution in [1.29, 1.82) is 0 Å². The summed E-state index contributed by atoms with van der Waals surface area (Å²) in [5.74, 6) is -1.78. The fourth-order valence-corrected chi connectivity index (χ4v) is 1.59. The van der Waals surface area contributed by atoms with Crippen LogP contribution in [0.5, 0.6) is 0 Å². The molecule has 0 bridgehead atoms. The second-order valence-electron chi connectivity index (χ2n) is 4.03. The van der Waals surface area contributed by atoms with Gasteiger partial charge in [-0.05, 0) is 5.56 Å². The van der Waals surface area contributed by atoms with Crippen LogP contribution in [0, 0.1) is 0 Å². The number of rotatable bonds is 6. The van der Waals surface area contributed by atoms with Crippen LogP contribution in [-0.2, 0) is 15.2 Å². The minimum atomic E-state index is -2.52. The van der Waals surface area contributed by atoms with Gasteiger partial charge in [-0.25, -0.2) is 4.79 Å². The lowest BCUT2D eigenvalue weighted by atomic mass is 9.85. The van der Waals surface area contributed by atoms with E-state index in [2.05, 4.69) is 0 Å². The molecule has 7 heteroatoms. The van der Waals surface area contributed by atoms with Crippen LogP contribution in [-0.4, -0.2) is 56.1 Å². The third kappa shape index (κ3) is 2.96. The molecule has 0 saturated carbocycles. The monoisotopic (exact) mass is 270 g/mol. The lowest BCUT2D eigenvalue weighted by Crippen LogP contribution is -2.53. The summed E-state index contributed by atoms with van der Waals surface area (Å²) in [5, 5.41) is 47.0. The molecule has 0 saturated heterocycles. The van der Waals surface area contributed by atoms with Crippen molar-refractivity contribution < 1.29 is 35.1 Å². The quantitative estimate of drug-likeness (QED) is 0.386. The summed E-state index contributed by atoms with van der Waals surface area (Å²) in [5.41, 5.74) is -2.55. The maximum Gasteiger partial charge on any atom is 0.335 e. The molecule has 5 N–H and O–H groups in total. The van der Waals surface area contributed by atoms with Gasteiger partial charge in [0, 0.05) is 0 Å². The van der Waals surface area contributed by atoms with Crippen molar-refractivity contribution in [2.45, 2.75) is 23.9 Å². The normalized spacial score (nSPS) is 18.9. The summed E-state index contributed by atoms with van der Waals surface area (Å²) >= 11 is 0. The van der Waals surface area contributed by atoms with Crippen LogP contribution in [0.3, 0.4) is 0 Å². The number of hydrogen-bond donors (Lipinski definition) is 5. The second-order valence-corrected chi connectivity index (χ2v) is 4.03. The number of carbonyl (C=O) groups excluding carboxylic acids is 1. The van der Waals surface area contributed by atoms with Crippen LogP contribution in [0.4, 0.5) is 0 Å². The zero-order valence-electron chi connectivity index (χ0n) is 9.75. The lowest BCUT2D eigenvalue weighted by Gasteiger charge is -2.32. The molecule has 0 amide bonds. The van der Waals surface area contributed by atoms with E-state index < -0.39 is 29.9 Å². The third-order valence-electron chi connectivity index (χ3n) is 2.77. The highest BCUT2D eigenvalue weighted by atomic mass is 16.4. The number of carboxylic acid groups (broad SMARTS) is 1. The molecular weight excluding hydrogens is 256 g/mol. The Bertz CT molecular complexity index is 447. The van der Waals surface area contributed by atoms with E-state index in [-0.39, 0.29) is 11.8 Å². The van der Waals surface area contributed by atoms with E-state index in [1.165, 1.54) is 24.3 Å². The van der Waals surface area contributed by atoms with Crippen LogP contribution >= 0.6 is 0 Å². The molecule has 0 aliphatic carbocycles. The minimum absolute atomic E-state index is 0.0230. The van der Waals surface area contributed by atoms with Gasteiger partial charge in [-0.1, -0.05) is 30.3 Å². The predicted molar refractivity (Wildman–Crippen MR) is 62.1 cm³/mol. The van der Waals surface area contributed by atoms with Gasteiger partial charge in [-0.2, -0.15) is 0 Å². The van der Waals surface area contributed by atoms with Gasteiger partial charge < -0.3 is 25.5 Å². The molecule has 0 aliphatic rings. The zero-order valence-corrected chi connectivity index (χ0v) is 9.75. The number of hydrogen-bond acceptors (Lipinski definition) is 6.